The Labute approximate surface area is 141 Å². The van der Waals surface area contributed by atoms with Gasteiger partial charge >= 0.3 is 0 Å². The maximum absolute atomic E-state index is 5.71. The molecule has 0 radical (unpaired) electrons. The van der Waals surface area contributed by atoms with Gasteiger partial charge in [-0.2, -0.15) is 0 Å². The van der Waals surface area contributed by atoms with E-state index in [9.17, 15) is 0 Å². The van der Waals surface area contributed by atoms with Gasteiger partial charge in [-0.1, -0.05) is 23.6 Å². The molecular weight excluding hydrogens is 302 g/mol. The van der Waals surface area contributed by atoms with Crippen molar-refractivity contribution in [3.63, 3.8) is 0 Å². The Hall–Kier alpha value is -3.19. The van der Waals surface area contributed by atoms with Crippen LogP contribution in [-0.2, 0) is 0 Å². The van der Waals surface area contributed by atoms with Gasteiger partial charge in [0.15, 0.2) is 17.3 Å². The van der Waals surface area contributed by atoms with Crippen LogP contribution in [0.3, 0.4) is 0 Å². The number of aryl methyl sites for hydroxylation is 1. The standard InChI is InChI=1S/C20H17NO3/c1-14-4-6-15(7-5-14)8-11-20-21-13-19(24-20)16-9-10-17(22-2)18(12-16)23-3/h4-7,9-10,12-13H,1-3H3. The van der Waals surface area contributed by atoms with Gasteiger partial charge in [0, 0.05) is 11.1 Å². The molecule has 0 atom stereocenters. The number of benzene rings is 2. The van der Waals surface area contributed by atoms with Gasteiger partial charge in [0.05, 0.1) is 20.4 Å². The zero-order valence-electron chi connectivity index (χ0n) is 13.8. The highest BCUT2D eigenvalue weighted by molar-refractivity contribution is 5.62. The third-order valence-corrected chi connectivity index (χ3v) is 3.54. The molecule has 0 aliphatic rings. The fourth-order valence-corrected chi connectivity index (χ4v) is 2.22. The second kappa shape index (κ2) is 6.93. The predicted octanol–water partition coefficient (Wildman–Crippen LogP) is 4.07. The van der Waals surface area contributed by atoms with Crippen molar-refractivity contribution in [3.8, 4) is 34.7 Å². The highest BCUT2D eigenvalue weighted by Gasteiger charge is 2.09. The summed E-state index contributed by atoms with van der Waals surface area (Å²) in [5.41, 5.74) is 2.97. The van der Waals surface area contributed by atoms with Gasteiger partial charge in [-0.15, -0.1) is 0 Å². The van der Waals surface area contributed by atoms with Gasteiger partial charge in [-0.25, -0.2) is 4.98 Å². The van der Waals surface area contributed by atoms with E-state index >= 15 is 0 Å². The fourth-order valence-electron chi connectivity index (χ4n) is 2.22. The first-order chi connectivity index (χ1) is 11.7. The Morgan fingerprint density at radius 1 is 0.917 bits per heavy atom. The Kier molecular flexibility index (Phi) is 4.53. The van der Waals surface area contributed by atoms with Crippen LogP contribution in [0.2, 0.25) is 0 Å². The third-order valence-electron chi connectivity index (χ3n) is 3.54. The van der Waals surface area contributed by atoms with Crippen LogP contribution in [0.25, 0.3) is 11.3 Å². The summed E-state index contributed by atoms with van der Waals surface area (Å²) in [5.74, 6) is 8.29. The lowest BCUT2D eigenvalue weighted by molar-refractivity contribution is 0.355. The van der Waals surface area contributed by atoms with Crippen molar-refractivity contribution in [3.05, 3.63) is 65.7 Å². The summed E-state index contributed by atoms with van der Waals surface area (Å²) in [5, 5.41) is 0. The van der Waals surface area contributed by atoms with E-state index in [1.807, 2.05) is 49.4 Å². The van der Waals surface area contributed by atoms with Crippen molar-refractivity contribution < 1.29 is 13.9 Å². The summed E-state index contributed by atoms with van der Waals surface area (Å²) in [6.45, 7) is 2.04. The number of ether oxygens (including phenoxy) is 2. The monoisotopic (exact) mass is 319 g/mol. The topological polar surface area (TPSA) is 44.5 Å². The van der Waals surface area contributed by atoms with Crippen molar-refractivity contribution in [1.29, 1.82) is 0 Å². The molecule has 0 fully saturated rings. The lowest BCUT2D eigenvalue weighted by Crippen LogP contribution is -1.90. The molecule has 0 amide bonds. The van der Waals surface area contributed by atoms with Crippen LogP contribution in [0.1, 0.15) is 17.0 Å². The van der Waals surface area contributed by atoms with Crippen LogP contribution >= 0.6 is 0 Å². The van der Waals surface area contributed by atoms with Crippen LogP contribution in [-0.4, -0.2) is 19.2 Å². The average Bonchev–Trinajstić information content (AvgIpc) is 3.09. The van der Waals surface area contributed by atoms with E-state index in [-0.39, 0.29) is 0 Å². The van der Waals surface area contributed by atoms with Gasteiger partial charge in [0.25, 0.3) is 5.89 Å². The second-order valence-corrected chi connectivity index (χ2v) is 5.22. The molecule has 120 valence electrons. The molecule has 0 aliphatic heterocycles. The molecule has 4 nitrogen and oxygen atoms in total. The molecule has 0 unspecified atom stereocenters. The number of oxazole rings is 1. The Balaban J connectivity index is 1.85. The van der Waals surface area contributed by atoms with E-state index in [2.05, 4.69) is 16.8 Å². The van der Waals surface area contributed by atoms with Crippen LogP contribution in [0, 0.1) is 18.8 Å². The molecule has 0 saturated carbocycles. The van der Waals surface area contributed by atoms with Crippen LogP contribution < -0.4 is 9.47 Å². The van der Waals surface area contributed by atoms with Crippen molar-refractivity contribution in [1.82, 2.24) is 4.98 Å². The normalized spacial score (nSPS) is 9.96. The first-order valence-electron chi connectivity index (χ1n) is 7.46. The van der Waals surface area contributed by atoms with E-state index < -0.39 is 0 Å². The molecule has 0 saturated heterocycles. The Morgan fingerprint density at radius 3 is 2.38 bits per heavy atom. The van der Waals surface area contributed by atoms with E-state index in [0.29, 0.717) is 23.1 Å². The predicted molar refractivity (Wildman–Crippen MR) is 92.2 cm³/mol. The molecule has 4 heteroatoms. The van der Waals surface area contributed by atoms with Crippen LogP contribution in [0.4, 0.5) is 0 Å². The number of nitrogens with zero attached hydrogens (tertiary/aromatic N) is 1. The SMILES string of the molecule is COc1ccc(-c2cnc(C#Cc3ccc(C)cc3)o2)cc1OC. The van der Waals surface area contributed by atoms with E-state index in [1.165, 1.54) is 5.56 Å². The second-order valence-electron chi connectivity index (χ2n) is 5.22. The van der Waals surface area contributed by atoms with Gasteiger partial charge in [0.2, 0.25) is 0 Å². The minimum Gasteiger partial charge on any atom is -0.493 e. The molecule has 0 spiro atoms. The van der Waals surface area contributed by atoms with Gasteiger partial charge < -0.3 is 13.9 Å². The van der Waals surface area contributed by atoms with Crippen molar-refractivity contribution >= 4 is 0 Å². The van der Waals surface area contributed by atoms with E-state index in [4.69, 9.17) is 13.9 Å². The van der Waals surface area contributed by atoms with Crippen molar-refractivity contribution in [2.45, 2.75) is 6.92 Å². The first kappa shape index (κ1) is 15.7. The summed E-state index contributed by atoms with van der Waals surface area (Å²) in [6, 6.07) is 13.5. The van der Waals surface area contributed by atoms with Gasteiger partial charge in [0.1, 0.15) is 0 Å². The molecule has 1 heterocycles. The lowest BCUT2D eigenvalue weighted by atomic mass is 10.1. The third kappa shape index (κ3) is 3.41. The zero-order chi connectivity index (χ0) is 16.9. The molecular formula is C20H17NO3. The number of aromatic nitrogens is 1. The first-order valence-corrected chi connectivity index (χ1v) is 7.46. The molecule has 2 aromatic carbocycles. The molecule has 24 heavy (non-hydrogen) atoms. The quantitative estimate of drug-likeness (QED) is 0.683. The minimum absolute atomic E-state index is 0.375. The Bertz CT molecular complexity index is 899. The summed E-state index contributed by atoms with van der Waals surface area (Å²) >= 11 is 0. The molecule has 3 aromatic rings. The Morgan fingerprint density at radius 2 is 1.67 bits per heavy atom. The zero-order valence-corrected chi connectivity index (χ0v) is 13.8. The van der Waals surface area contributed by atoms with E-state index in [1.54, 1.807) is 20.4 Å². The highest BCUT2D eigenvalue weighted by Crippen LogP contribution is 2.32. The highest BCUT2D eigenvalue weighted by atomic mass is 16.5. The number of rotatable bonds is 3. The largest absolute Gasteiger partial charge is 0.493 e. The summed E-state index contributed by atoms with van der Waals surface area (Å²) < 4.78 is 16.2. The fraction of sp³-hybridized carbons (Fsp3) is 0.150. The molecule has 0 bridgehead atoms. The van der Waals surface area contributed by atoms with Crippen LogP contribution in [0.15, 0.2) is 53.1 Å². The molecule has 1 aromatic heterocycles. The molecule has 0 aliphatic carbocycles. The average molecular weight is 319 g/mol. The molecule has 3 rings (SSSR count). The number of hydrogen-bond donors (Lipinski definition) is 0. The van der Waals surface area contributed by atoms with Crippen molar-refractivity contribution in [2.75, 3.05) is 14.2 Å². The van der Waals surface area contributed by atoms with E-state index in [0.717, 1.165) is 11.1 Å². The van der Waals surface area contributed by atoms with Gasteiger partial charge in [-0.05, 0) is 43.2 Å². The van der Waals surface area contributed by atoms with Crippen molar-refractivity contribution in [2.24, 2.45) is 0 Å². The van der Waals surface area contributed by atoms with Gasteiger partial charge in [-0.3, -0.25) is 0 Å². The molecule has 0 N–H and O–H groups in total. The number of methoxy groups -OCH3 is 2. The summed E-state index contributed by atoms with van der Waals surface area (Å²) in [7, 11) is 3.20. The summed E-state index contributed by atoms with van der Waals surface area (Å²) in [4.78, 5) is 4.21. The summed E-state index contributed by atoms with van der Waals surface area (Å²) in [6.07, 6.45) is 1.65. The lowest BCUT2D eigenvalue weighted by Gasteiger charge is -2.07. The minimum atomic E-state index is 0.375. The maximum atomic E-state index is 5.71. The number of hydrogen-bond acceptors (Lipinski definition) is 4. The van der Waals surface area contributed by atoms with Crippen LogP contribution in [0.5, 0.6) is 11.5 Å². The smallest absolute Gasteiger partial charge is 0.274 e. The maximum Gasteiger partial charge on any atom is 0.274 e.